The van der Waals surface area contributed by atoms with Gasteiger partial charge in [-0.25, -0.2) is 4.39 Å². The van der Waals surface area contributed by atoms with Crippen molar-refractivity contribution in [2.24, 2.45) is 0 Å². The molecule has 1 aromatic rings. The van der Waals surface area contributed by atoms with Gasteiger partial charge < -0.3 is 20.9 Å². The number of aliphatic hydroxyl groups is 1. The molecule has 1 atom stereocenters. The Kier molecular flexibility index (Phi) is 5.47. The highest BCUT2D eigenvalue weighted by molar-refractivity contribution is 6.31. The van der Waals surface area contributed by atoms with E-state index < -0.39 is 5.82 Å². The van der Waals surface area contributed by atoms with E-state index in [2.05, 4.69) is 5.32 Å². The van der Waals surface area contributed by atoms with Gasteiger partial charge in [-0.05, 0) is 12.5 Å². The van der Waals surface area contributed by atoms with E-state index in [4.69, 9.17) is 27.2 Å². The molecule has 4 N–H and O–H groups in total. The fraction of sp³-hybridized carbons (Fsp3) is 0.455. The third kappa shape index (κ3) is 4.03. The molecule has 0 aliphatic heterocycles. The van der Waals surface area contributed by atoms with Crippen LogP contribution in [0.2, 0.25) is 5.02 Å². The average Bonchev–Trinajstić information content (AvgIpc) is 2.26. The van der Waals surface area contributed by atoms with Gasteiger partial charge in [0.15, 0.2) is 0 Å². The van der Waals surface area contributed by atoms with Crippen LogP contribution in [0.5, 0.6) is 0 Å². The number of aliphatic hydroxyl groups excluding tert-OH is 1. The van der Waals surface area contributed by atoms with Gasteiger partial charge in [0.05, 0.1) is 29.0 Å². The van der Waals surface area contributed by atoms with Gasteiger partial charge in [0.1, 0.15) is 5.82 Å². The van der Waals surface area contributed by atoms with Crippen molar-refractivity contribution in [3.8, 4) is 0 Å². The van der Waals surface area contributed by atoms with Gasteiger partial charge in [0.25, 0.3) is 0 Å². The number of anilines is 2. The summed E-state index contributed by atoms with van der Waals surface area (Å²) in [4.78, 5) is 0. The van der Waals surface area contributed by atoms with E-state index in [0.717, 1.165) is 0 Å². The Balaban J connectivity index is 2.81. The minimum Gasteiger partial charge on any atom is -0.397 e. The van der Waals surface area contributed by atoms with Crippen LogP contribution in [0.4, 0.5) is 15.8 Å². The minimum atomic E-state index is -0.538. The number of nitrogens with two attached hydrogens (primary N) is 1. The van der Waals surface area contributed by atoms with E-state index in [1.807, 2.05) is 0 Å². The molecule has 0 aromatic heterocycles. The molecule has 0 radical (unpaired) electrons. The summed E-state index contributed by atoms with van der Waals surface area (Å²) in [6.07, 6.45) is 0.484. The molecule has 0 spiro atoms. The second-order valence-electron chi connectivity index (χ2n) is 3.66. The molecule has 0 heterocycles. The van der Waals surface area contributed by atoms with Gasteiger partial charge in [-0.3, -0.25) is 0 Å². The predicted octanol–water partition coefficient (Wildman–Crippen LogP) is 1.87. The van der Waals surface area contributed by atoms with Crippen LogP contribution >= 0.6 is 11.6 Å². The van der Waals surface area contributed by atoms with Gasteiger partial charge in [0, 0.05) is 19.8 Å². The van der Waals surface area contributed by atoms with Crippen LogP contribution < -0.4 is 11.1 Å². The van der Waals surface area contributed by atoms with Crippen molar-refractivity contribution in [3.63, 3.8) is 0 Å². The number of hydrogen-bond donors (Lipinski definition) is 3. The molecule has 0 bridgehead atoms. The zero-order valence-corrected chi connectivity index (χ0v) is 10.3. The highest BCUT2D eigenvalue weighted by atomic mass is 35.5. The summed E-state index contributed by atoms with van der Waals surface area (Å²) in [6.45, 7) is 0.404. The van der Waals surface area contributed by atoms with Crippen molar-refractivity contribution in [1.29, 1.82) is 0 Å². The molecule has 1 rings (SSSR count). The minimum absolute atomic E-state index is 0.0109. The van der Waals surface area contributed by atoms with E-state index >= 15 is 0 Å². The summed E-state index contributed by atoms with van der Waals surface area (Å²) in [6, 6.07) is 2.45. The molecule has 1 unspecified atom stereocenters. The summed E-state index contributed by atoms with van der Waals surface area (Å²) < 4.78 is 18.3. The molecule has 6 heteroatoms. The Morgan fingerprint density at radius 3 is 2.88 bits per heavy atom. The molecule has 0 saturated heterocycles. The number of hydrogen-bond acceptors (Lipinski definition) is 4. The Labute approximate surface area is 105 Å². The largest absolute Gasteiger partial charge is 0.397 e. The summed E-state index contributed by atoms with van der Waals surface area (Å²) in [5.41, 5.74) is 6.52. The van der Waals surface area contributed by atoms with Gasteiger partial charge in [0.2, 0.25) is 0 Å². The zero-order chi connectivity index (χ0) is 12.8. The molecular formula is C11H16ClFN2O2. The van der Waals surface area contributed by atoms with E-state index in [-0.39, 0.29) is 17.7 Å². The van der Waals surface area contributed by atoms with Crippen molar-refractivity contribution < 1.29 is 14.2 Å². The van der Waals surface area contributed by atoms with Crippen LogP contribution in [0.3, 0.4) is 0 Å². The van der Waals surface area contributed by atoms with Crippen LogP contribution in [0.25, 0.3) is 0 Å². The monoisotopic (exact) mass is 262 g/mol. The van der Waals surface area contributed by atoms with Crippen molar-refractivity contribution in [1.82, 2.24) is 0 Å². The second kappa shape index (κ2) is 6.64. The average molecular weight is 263 g/mol. The lowest BCUT2D eigenvalue weighted by molar-refractivity contribution is 0.170. The maximum Gasteiger partial charge on any atom is 0.143 e. The van der Waals surface area contributed by atoms with Crippen LogP contribution in [-0.4, -0.2) is 31.5 Å². The number of halogens is 2. The number of rotatable bonds is 6. The van der Waals surface area contributed by atoms with Crippen molar-refractivity contribution in [2.75, 3.05) is 31.4 Å². The molecule has 96 valence electrons. The number of nitrogens with one attached hydrogen (secondary N) is 1. The normalized spacial score (nSPS) is 12.5. The lowest BCUT2D eigenvalue weighted by Gasteiger charge is -2.19. The highest BCUT2D eigenvalue weighted by Crippen LogP contribution is 2.26. The third-order valence-corrected chi connectivity index (χ3v) is 2.59. The molecule has 0 aliphatic carbocycles. The second-order valence-corrected chi connectivity index (χ2v) is 4.07. The topological polar surface area (TPSA) is 67.5 Å². The van der Waals surface area contributed by atoms with Crippen LogP contribution in [-0.2, 0) is 4.74 Å². The molecule has 1 aromatic carbocycles. The van der Waals surface area contributed by atoms with E-state index in [0.29, 0.717) is 24.4 Å². The quantitative estimate of drug-likeness (QED) is 0.685. The Bertz CT molecular complexity index is 371. The first-order valence-corrected chi connectivity index (χ1v) is 5.57. The van der Waals surface area contributed by atoms with E-state index in [1.165, 1.54) is 12.1 Å². The number of nitrogen functional groups attached to an aromatic ring is 1. The van der Waals surface area contributed by atoms with Gasteiger partial charge >= 0.3 is 0 Å². The molecule has 0 amide bonds. The summed E-state index contributed by atoms with van der Waals surface area (Å²) >= 11 is 5.60. The van der Waals surface area contributed by atoms with Crippen molar-refractivity contribution >= 4 is 23.0 Å². The first kappa shape index (κ1) is 14.0. The lowest BCUT2D eigenvalue weighted by Crippen LogP contribution is -2.26. The Morgan fingerprint density at radius 1 is 1.59 bits per heavy atom. The standard InChI is InChI=1S/C11H16ClFN2O2/c1-17-6-7(2-3-16)15-11-5-9(13)8(12)4-10(11)14/h4-5,7,15-16H,2-3,6,14H2,1H3. The smallest absolute Gasteiger partial charge is 0.143 e. The fourth-order valence-corrected chi connectivity index (χ4v) is 1.63. The van der Waals surface area contributed by atoms with Crippen LogP contribution in [0.15, 0.2) is 12.1 Å². The maximum atomic E-state index is 13.3. The van der Waals surface area contributed by atoms with Crippen molar-refractivity contribution in [3.05, 3.63) is 23.0 Å². The summed E-state index contributed by atoms with van der Waals surface area (Å²) in [5.74, 6) is -0.538. The zero-order valence-electron chi connectivity index (χ0n) is 9.54. The molecule has 0 aliphatic rings. The lowest BCUT2D eigenvalue weighted by atomic mass is 10.2. The molecule has 17 heavy (non-hydrogen) atoms. The van der Waals surface area contributed by atoms with Crippen LogP contribution in [0.1, 0.15) is 6.42 Å². The van der Waals surface area contributed by atoms with E-state index in [1.54, 1.807) is 7.11 Å². The first-order valence-electron chi connectivity index (χ1n) is 5.19. The Morgan fingerprint density at radius 2 is 2.29 bits per heavy atom. The summed E-state index contributed by atoms with van der Waals surface area (Å²) in [7, 11) is 1.55. The first-order chi connectivity index (χ1) is 8.08. The fourth-order valence-electron chi connectivity index (χ4n) is 1.46. The van der Waals surface area contributed by atoms with E-state index in [9.17, 15) is 4.39 Å². The van der Waals surface area contributed by atoms with Crippen LogP contribution in [0, 0.1) is 5.82 Å². The maximum absolute atomic E-state index is 13.3. The molecular weight excluding hydrogens is 247 g/mol. The molecule has 0 fully saturated rings. The van der Waals surface area contributed by atoms with Crippen molar-refractivity contribution in [2.45, 2.75) is 12.5 Å². The van der Waals surface area contributed by atoms with Gasteiger partial charge in [-0.2, -0.15) is 0 Å². The molecule has 4 nitrogen and oxygen atoms in total. The number of ether oxygens (including phenoxy) is 1. The van der Waals surface area contributed by atoms with Gasteiger partial charge in [-0.1, -0.05) is 11.6 Å². The highest BCUT2D eigenvalue weighted by Gasteiger charge is 2.12. The predicted molar refractivity (Wildman–Crippen MR) is 66.8 cm³/mol. The number of methoxy groups -OCH3 is 1. The summed E-state index contributed by atoms with van der Waals surface area (Å²) in [5, 5.41) is 11.9. The SMILES string of the molecule is COCC(CCO)Nc1cc(F)c(Cl)cc1N. The third-order valence-electron chi connectivity index (χ3n) is 2.30. The Hall–Kier alpha value is -1.04. The molecule has 0 saturated carbocycles. The van der Waals surface area contributed by atoms with Gasteiger partial charge in [-0.15, -0.1) is 0 Å². The number of benzene rings is 1.